The number of aryl methyl sites for hydroxylation is 2. The molecule has 2 unspecified atom stereocenters. The molecule has 1 aliphatic rings. The predicted octanol–water partition coefficient (Wildman–Crippen LogP) is 2.27. The molecule has 1 aromatic carbocycles. The maximum absolute atomic E-state index is 12.2. The fraction of sp³-hybridized carbons (Fsp3) is 0.533. The summed E-state index contributed by atoms with van der Waals surface area (Å²) in [6, 6.07) is 6.32. The normalized spacial score (nSPS) is 23.9. The monoisotopic (exact) mass is 231 g/mol. The van der Waals surface area contributed by atoms with Gasteiger partial charge in [0.1, 0.15) is 5.78 Å². The zero-order valence-electron chi connectivity index (χ0n) is 10.9. The fourth-order valence-electron chi connectivity index (χ4n) is 2.49. The molecule has 1 fully saturated rings. The summed E-state index contributed by atoms with van der Waals surface area (Å²) >= 11 is 0. The third kappa shape index (κ3) is 2.75. The third-order valence-electron chi connectivity index (χ3n) is 3.88. The van der Waals surface area contributed by atoms with E-state index < -0.39 is 0 Å². The second-order valence-electron chi connectivity index (χ2n) is 5.30. The summed E-state index contributed by atoms with van der Waals surface area (Å²) in [5, 5.41) is 3.29. The molecule has 0 aromatic heterocycles. The molecule has 2 rings (SSSR count). The zero-order chi connectivity index (χ0) is 12.4. The number of hydrogen-bond donors (Lipinski definition) is 1. The molecule has 1 aliphatic heterocycles. The Morgan fingerprint density at radius 2 is 2.06 bits per heavy atom. The average molecular weight is 231 g/mol. The molecule has 17 heavy (non-hydrogen) atoms. The molecule has 1 N–H and O–H groups in total. The Kier molecular flexibility index (Phi) is 3.63. The van der Waals surface area contributed by atoms with Crippen LogP contribution in [0, 0.1) is 25.7 Å². The average Bonchev–Trinajstić information content (AvgIpc) is 2.70. The smallest absolute Gasteiger partial charge is 0.141 e. The standard InChI is InChI=1S/C15H21NO/c1-10-4-5-13(6-11(10)2)7-15(17)14-9-16-8-12(14)3/h4-6,12,14,16H,7-9H2,1-3H3. The van der Waals surface area contributed by atoms with E-state index in [9.17, 15) is 4.79 Å². The second-order valence-corrected chi connectivity index (χ2v) is 5.30. The van der Waals surface area contributed by atoms with Crippen LogP contribution in [0.15, 0.2) is 18.2 Å². The molecule has 2 heteroatoms. The zero-order valence-corrected chi connectivity index (χ0v) is 10.9. The van der Waals surface area contributed by atoms with Crippen molar-refractivity contribution in [3.8, 4) is 0 Å². The molecular weight excluding hydrogens is 210 g/mol. The van der Waals surface area contributed by atoms with Gasteiger partial charge in [0.25, 0.3) is 0 Å². The van der Waals surface area contributed by atoms with Gasteiger partial charge >= 0.3 is 0 Å². The van der Waals surface area contributed by atoms with Crippen LogP contribution in [-0.2, 0) is 11.2 Å². The van der Waals surface area contributed by atoms with Crippen LogP contribution in [0.1, 0.15) is 23.6 Å². The lowest BCUT2D eigenvalue weighted by atomic mass is 9.89. The van der Waals surface area contributed by atoms with Gasteiger partial charge in [0, 0.05) is 18.9 Å². The van der Waals surface area contributed by atoms with Crippen molar-refractivity contribution < 1.29 is 4.79 Å². The van der Waals surface area contributed by atoms with Gasteiger partial charge < -0.3 is 5.32 Å². The van der Waals surface area contributed by atoms with Crippen LogP contribution in [0.5, 0.6) is 0 Å². The van der Waals surface area contributed by atoms with E-state index in [1.807, 2.05) is 0 Å². The molecule has 2 nitrogen and oxygen atoms in total. The van der Waals surface area contributed by atoms with Crippen LogP contribution in [0.2, 0.25) is 0 Å². The van der Waals surface area contributed by atoms with E-state index in [1.54, 1.807) is 0 Å². The Labute approximate surface area is 103 Å². The molecule has 0 spiro atoms. The lowest BCUT2D eigenvalue weighted by molar-refractivity contribution is -0.122. The lowest BCUT2D eigenvalue weighted by Gasteiger charge is -2.13. The van der Waals surface area contributed by atoms with Crippen LogP contribution in [0.3, 0.4) is 0 Å². The Hall–Kier alpha value is -1.15. The first kappa shape index (κ1) is 12.3. The molecule has 1 heterocycles. The van der Waals surface area contributed by atoms with Crippen molar-refractivity contribution >= 4 is 5.78 Å². The molecule has 0 saturated carbocycles. The van der Waals surface area contributed by atoms with Crippen molar-refractivity contribution in [1.29, 1.82) is 0 Å². The summed E-state index contributed by atoms with van der Waals surface area (Å²) in [5.41, 5.74) is 3.71. The fourth-order valence-corrected chi connectivity index (χ4v) is 2.49. The van der Waals surface area contributed by atoms with Gasteiger partial charge in [-0.1, -0.05) is 25.1 Å². The van der Waals surface area contributed by atoms with E-state index in [1.165, 1.54) is 11.1 Å². The number of carbonyl (C=O) groups is 1. The van der Waals surface area contributed by atoms with Crippen molar-refractivity contribution in [2.24, 2.45) is 11.8 Å². The highest BCUT2D eigenvalue weighted by Gasteiger charge is 2.29. The first-order chi connectivity index (χ1) is 8.08. The van der Waals surface area contributed by atoms with E-state index in [4.69, 9.17) is 0 Å². The van der Waals surface area contributed by atoms with Crippen molar-refractivity contribution in [3.63, 3.8) is 0 Å². The van der Waals surface area contributed by atoms with Gasteiger partial charge in [-0.05, 0) is 43.0 Å². The van der Waals surface area contributed by atoms with Crippen molar-refractivity contribution in [3.05, 3.63) is 34.9 Å². The number of nitrogens with one attached hydrogen (secondary N) is 1. The number of hydrogen-bond acceptors (Lipinski definition) is 2. The van der Waals surface area contributed by atoms with Crippen LogP contribution in [-0.4, -0.2) is 18.9 Å². The SMILES string of the molecule is Cc1ccc(CC(=O)C2CNCC2C)cc1C. The van der Waals surface area contributed by atoms with Gasteiger partial charge in [-0.15, -0.1) is 0 Å². The van der Waals surface area contributed by atoms with Crippen molar-refractivity contribution in [2.45, 2.75) is 27.2 Å². The lowest BCUT2D eigenvalue weighted by Crippen LogP contribution is -2.23. The largest absolute Gasteiger partial charge is 0.316 e. The number of benzene rings is 1. The predicted molar refractivity (Wildman–Crippen MR) is 70.2 cm³/mol. The highest BCUT2D eigenvalue weighted by atomic mass is 16.1. The first-order valence-corrected chi connectivity index (χ1v) is 6.37. The van der Waals surface area contributed by atoms with Crippen molar-refractivity contribution in [2.75, 3.05) is 13.1 Å². The topological polar surface area (TPSA) is 29.1 Å². The van der Waals surface area contributed by atoms with Crippen molar-refractivity contribution in [1.82, 2.24) is 5.32 Å². The van der Waals surface area contributed by atoms with Crippen LogP contribution < -0.4 is 5.32 Å². The van der Waals surface area contributed by atoms with E-state index in [-0.39, 0.29) is 5.92 Å². The van der Waals surface area contributed by atoms with Gasteiger partial charge in [-0.2, -0.15) is 0 Å². The van der Waals surface area contributed by atoms with E-state index in [0.717, 1.165) is 18.7 Å². The number of rotatable bonds is 3. The Morgan fingerprint density at radius 1 is 1.29 bits per heavy atom. The number of ketones is 1. The molecule has 92 valence electrons. The second kappa shape index (κ2) is 5.01. The minimum Gasteiger partial charge on any atom is -0.316 e. The molecular formula is C15H21NO. The van der Waals surface area contributed by atoms with Gasteiger partial charge in [0.2, 0.25) is 0 Å². The Balaban J connectivity index is 2.05. The molecule has 0 radical (unpaired) electrons. The molecule has 0 amide bonds. The van der Waals surface area contributed by atoms with E-state index in [0.29, 0.717) is 18.1 Å². The van der Waals surface area contributed by atoms with Gasteiger partial charge in [-0.3, -0.25) is 4.79 Å². The summed E-state index contributed by atoms with van der Waals surface area (Å²) in [6.45, 7) is 8.18. The quantitative estimate of drug-likeness (QED) is 0.864. The van der Waals surface area contributed by atoms with E-state index in [2.05, 4.69) is 44.3 Å². The minimum absolute atomic E-state index is 0.205. The minimum atomic E-state index is 0.205. The maximum Gasteiger partial charge on any atom is 0.141 e. The van der Waals surface area contributed by atoms with Gasteiger partial charge in [-0.25, -0.2) is 0 Å². The maximum atomic E-state index is 12.2. The van der Waals surface area contributed by atoms with E-state index >= 15 is 0 Å². The molecule has 1 aromatic rings. The van der Waals surface area contributed by atoms with Gasteiger partial charge in [0.05, 0.1) is 0 Å². The molecule has 0 aliphatic carbocycles. The molecule has 1 saturated heterocycles. The highest BCUT2D eigenvalue weighted by molar-refractivity contribution is 5.84. The Morgan fingerprint density at radius 3 is 2.65 bits per heavy atom. The summed E-state index contributed by atoms with van der Waals surface area (Å²) in [5.74, 6) is 1.07. The van der Waals surface area contributed by atoms with Gasteiger partial charge in [0.15, 0.2) is 0 Å². The number of Topliss-reactive ketones (excluding diaryl/α,β-unsaturated/α-hetero) is 1. The first-order valence-electron chi connectivity index (χ1n) is 6.37. The summed E-state index contributed by atoms with van der Waals surface area (Å²) < 4.78 is 0. The summed E-state index contributed by atoms with van der Waals surface area (Å²) in [7, 11) is 0. The van der Waals surface area contributed by atoms with Crippen LogP contribution in [0.4, 0.5) is 0 Å². The molecule has 2 atom stereocenters. The number of carbonyl (C=O) groups excluding carboxylic acids is 1. The molecule has 0 bridgehead atoms. The van der Waals surface area contributed by atoms with Crippen LogP contribution >= 0.6 is 0 Å². The summed E-state index contributed by atoms with van der Waals surface area (Å²) in [6.07, 6.45) is 0.581. The third-order valence-corrected chi connectivity index (χ3v) is 3.88. The van der Waals surface area contributed by atoms with Crippen LogP contribution in [0.25, 0.3) is 0 Å². The summed E-state index contributed by atoms with van der Waals surface area (Å²) in [4.78, 5) is 12.2. The Bertz CT molecular complexity index is 425. The highest BCUT2D eigenvalue weighted by Crippen LogP contribution is 2.19.